The zero-order valence-corrected chi connectivity index (χ0v) is 16.3. The number of amides is 3. The summed E-state index contributed by atoms with van der Waals surface area (Å²) >= 11 is 3.32. The van der Waals surface area contributed by atoms with E-state index < -0.39 is 11.3 Å². The first-order valence-electron chi connectivity index (χ1n) is 7.95. The van der Waals surface area contributed by atoms with Gasteiger partial charge in [-0.3, -0.25) is 25.2 Å². The summed E-state index contributed by atoms with van der Waals surface area (Å²) in [6.07, 6.45) is 0. The van der Waals surface area contributed by atoms with Gasteiger partial charge in [0.05, 0.1) is 11.3 Å². The first-order chi connectivity index (χ1) is 12.2. The molecule has 6 nitrogen and oxygen atoms in total. The lowest BCUT2D eigenvalue weighted by Gasteiger charge is -2.18. The number of carbonyl (C=O) groups is 3. The minimum absolute atomic E-state index is 0.243. The highest BCUT2D eigenvalue weighted by Crippen LogP contribution is 2.17. The predicted octanol–water partition coefficient (Wildman–Crippen LogP) is 3.51. The first-order valence-corrected chi connectivity index (χ1v) is 8.74. The van der Waals surface area contributed by atoms with E-state index in [1.807, 2.05) is 0 Å². The fourth-order valence-electron chi connectivity index (χ4n) is 1.95. The van der Waals surface area contributed by atoms with E-state index in [2.05, 4.69) is 32.1 Å². The summed E-state index contributed by atoms with van der Waals surface area (Å²) < 4.78 is 0.864. The molecule has 0 aliphatic heterocycles. The Balaban J connectivity index is 2.12. The maximum Gasteiger partial charge on any atom is 0.271 e. The largest absolute Gasteiger partial charge is 0.321 e. The smallest absolute Gasteiger partial charge is 0.271 e. The van der Waals surface area contributed by atoms with Crippen LogP contribution in [-0.2, 0) is 4.79 Å². The number of carbonyl (C=O) groups excluding carboxylic acids is 3. The molecule has 0 spiro atoms. The van der Waals surface area contributed by atoms with E-state index in [4.69, 9.17) is 0 Å². The number of nitrogens with one attached hydrogen (secondary N) is 3. The molecule has 3 N–H and O–H groups in total. The Morgan fingerprint density at radius 3 is 2.08 bits per heavy atom. The van der Waals surface area contributed by atoms with Crippen molar-refractivity contribution in [1.82, 2.24) is 10.9 Å². The molecule has 0 heterocycles. The lowest BCUT2D eigenvalue weighted by Crippen LogP contribution is -2.46. The Morgan fingerprint density at radius 2 is 1.46 bits per heavy atom. The molecule has 0 aromatic heterocycles. The average Bonchev–Trinajstić information content (AvgIpc) is 2.59. The van der Waals surface area contributed by atoms with Gasteiger partial charge >= 0.3 is 0 Å². The van der Waals surface area contributed by atoms with E-state index in [9.17, 15) is 14.4 Å². The number of rotatable bonds is 3. The quantitative estimate of drug-likeness (QED) is 0.667. The minimum Gasteiger partial charge on any atom is -0.321 e. The highest BCUT2D eigenvalue weighted by Gasteiger charge is 2.22. The lowest BCUT2D eigenvalue weighted by atomic mass is 9.96. The number of benzene rings is 2. The number of para-hydroxylation sites is 1. The summed E-state index contributed by atoms with van der Waals surface area (Å²) in [4.78, 5) is 36.6. The zero-order valence-electron chi connectivity index (χ0n) is 14.7. The summed E-state index contributed by atoms with van der Waals surface area (Å²) in [7, 11) is 0. The molecule has 3 amide bonds. The van der Waals surface area contributed by atoms with E-state index in [0.717, 1.165) is 4.47 Å². The minimum atomic E-state index is -0.636. The number of hydrogen-bond acceptors (Lipinski definition) is 3. The maximum atomic E-state index is 12.4. The van der Waals surface area contributed by atoms with E-state index in [-0.39, 0.29) is 17.4 Å². The highest BCUT2D eigenvalue weighted by atomic mass is 79.9. The molecule has 0 atom stereocenters. The molecule has 2 aromatic rings. The van der Waals surface area contributed by atoms with Crippen LogP contribution in [-0.4, -0.2) is 17.7 Å². The molecule has 2 aromatic carbocycles. The average molecular weight is 418 g/mol. The first kappa shape index (κ1) is 19.7. The van der Waals surface area contributed by atoms with Crippen LogP contribution in [0.3, 0.4) is 0 Å². The zero-order chi connectivity index (χ0) is 19.3. The number of anilines is 1. The molecule has 0 radical (unpaired) electrons. The van der Waals surface area contributed by atoms with Crippen LogP contribution >= 0.6 is 15.9 Å². The monoisotopic (exact) mass is 417 g/mol. The van der Waals surface area contributed by atoms with Crippen LogP contribution in [0.2, 0.25) is 0 Å². The van der Waals surface area contributed by atoms with Gasteiger partial charge in [0.2, 0.25) is 5.91 Å². The fourth-order valence-corrected chi connectivity index (χ4v) is 2.22. The van der Waals surface area contributed by atoms with Crippen LogP contribution < -0.4 is 16.2 Å². The molecule has 26 heavy (non-hydrogen) atoms. The molecular formula is C19H20BrN3O3. The molecule has 0 fully saturated rings. The van der Waals surface area contributed by atoms with Crippen molar-refractivity contribution < 1.29 is 14.4 Å². The molecule has 136 valence electrons. The lowest BCUT2D eigenvalue weighted by molar-refractivity contribution is -0.129. The van der Waals surface area contributed by atoms with Crippen molar-refractivity contribution in [2.45, 2.75) is 20.8 Å². The topological polar surface area (TPSA) is 87.3 Å². The summed E-state index contributed by atoms with van der Waals surface area (Å²) in [6.45, 7) is 5.21. The second kappa shape index (κ2) is 8.14. The SMILES string of the molecule is CC(C)(C)C(=O)NNC(=O)c1ccccc1NC(=O)c1ccc(Br)cc1. The van der Waals surface area contributed by atoms with Gasteiger partial charge in [-0.25, -0.2) is 0 Å². The number of hydrazine groups is 1. The molecule has 0 saturated heterocycles. The van der Waals surface area contributed by atoms with Crippen LogP contribution in [0, 0.1) is 5.41 Å². The Morgan fingerprint density at radius 1 is 0.846 bits per heavy atom. The van der Waals surface area contributed by atoms with Crippen molar-refractivity contribution >= 4 is 39.3 Å². The van der Waals surface area contributed by atoms with Gasteiger partial charge in [0.25, 0.3) is 11.8 Å². The van der Waals surface area contributed by atoms with Crippen molar-refractivity contribution in [2.75, 3.05) is 5.32 Å². The van der Waals surface area contributed by atoms with Crippen LogP contribution in [0.5, 0.6) is 0 Å². The second-order valence-electron chi connectivity index (χ2n) is 6.66. The van der Waals surface area contributed by atoms with Crippen LogP contribution in [0.15, 0.2) is 53.0 Å². The molecule has 7 heteroatoms. The van der Waals surface area contributed by atoms with Gasteiger partial charge in [-0.05, 0) is 36.4 Å². The van der Waals surface area contributed by atoms with E-state index >= 15 is 0 Å². The van der Waals surface area contributed by atoms with E-state index in [1.54, 1.807) is 69.3 Å². The summed E-state index contributed by atoms with van der Waals surface area (Å²) in [6, 6.07) is 13.4. The van der Waals surface area contributed by atoms with Gasteiger partial charge in [0.15, 0.2) is 0 Å². The van der Waals surface area contributed by atoms with Crippen molar-refractivity contribution in [3.8, 4) is 0 Å². The van der Waals surface area contributed by atoms with Crippen molar-refractivity contribution in [1.29, 1.82) is 0 Å². The third kappa shape index (κ3) is 5.16. The predicted molar refractivity (Wildman–Crippen MR) is 104 cm³/mol. The normalized spacial score (nSPS) is 10.8. The third-order valence-corrected chi connectivity index (χ3v) is 4.03. The van der Waals surface area contributed by atoms with Crippen molar-refractivity contribution in [2.24, 2.45) is 5.41 Å². The molecular weight excluding hydrogens is 398 g/mol. The number of halogens is 1. The van der Waals surface area contributed by atoms with Crippen LogP contribution in [0.25, 0.3) is 0 Å². The fraction of sp³-hybridized carbons (Fsp3) is 0.211. The summed E-state index contributed by atoms with van der Waals surface area (Å²) in [5.74, 6) is -1.17. The Labute approximate surface area is 160 Å². The van der Waals surface area contributed by atoms with Crippen LogP contribution in [0.1, 0.15) is 41.5 Å². The Kier molecular flexibility index (Phi) is 6.15. The Hall–Kier alpha value is -2.67. The maximum absolute atomic E-state index is 12.4. The molecule has 0 saturated carbocycles. The molecule has 0 bridgehead atoms. The van der Waals surface area contributed by atoms with Gasteiger partial charge in [0.1, 0.15) is 0 Å². The van der Waals surface area contributed by atoms with Crippen LogP contribution in [0.4, 0.5) is 5.69 Å². The number of hydrogen-bond donors (Lipinski definition) is 3. The van der Waals surface area contributed by atoms with Crippen molar-refractivity contribution in [3.63, 3.8) is 0 Å². The van der Waals surface area contributed by atoms with Gasteiger partial charge in [-0.15, -0.1) is 0 Å². The van der Waals surface area contributed by atoms with Gasteiger partial charge in [-0.2, -0.15) is 0 Å². The summed E-state index contributed by atoms with van der Waals surface area (Å²) in [5.41, 5.74) is 5.17. The van der Waals surface area contributed by atoms with Crippen molar-refractivity contribution in [3.05, 3.63) is 64.1 Å². The van der Waals surface area contributed by atoms with E-state index in [1.165, 1.54) is 0 Å². The molecule has 0 aliphatic carbocycles. The molecule has 2 rings (SSSR count). The second-order valence-corrected chi connectivity index (χ2v) is 7.58. The Bertz CT molecular complexity index is 827. The van der Waals surface area contributed by atoms with E-state index in [0.29, 0.717) is 11.3 Å². The molecule has 0 aliphatic rings. The summed E-state index contributed by atoms with van der Waals surface area (Å²) in [5, 5.41) is 2.72. The van der Waals surface area contributed by atoms with Gasteiger partial charge < -0.3 is 5.32 Å². The molecule has 0 unspecified atom stereocenters. The standard InChI is InChI=1S/C19H20BrN3O3/c1-19(2,3)18(26)23-22-17(25)14-6-4-5-7-15(14)21-16(24)12-8-10-13(20)11-9-12/h4-11H,1-3H3,(H,21,24)(H,22,25)(H,23,26). The highest BCUT2D eigenvalue weighted by molar-refractivity contribution is 9.10. The third-order valence-electron chi connectivity index (χ3n) is 3.50. The van der Waals surface area contributed by atoms with Gasteiger partial charge in [-0.1, -0.05) is 48.8 Å². The van der Waals surface area contributed by atoms with Gasteiger partial charge in [0, 0.05) is 15.5 Å².